The van der Waals surface area contributed by atoms with E-state index < -0.39 is 0 Å². The van der Waals surface area contributed by atoms with Crippen LogP contribution in [0.5, 0.6) is 0 Å². The van der Waals surface area contributed by atoms with Gasteiger partial charge in [-0.15, -0.1) is 11.3 Å². The average Bonchev–Trinajstić information content (AvgIpc) is 4.02. The molecule has 0 aliphatic heterocycles. The van der Waals surface area contributed by atoms with Gasteiger partial charge in [0.1, 0.15) is 0 Å². The summed E-state index contributed by atoms with van der Waals surface area (Å²) in [7, 11) is 0. The summed E-state index contributed by atoms with van der Waals surface area (Å²) in [5.74, 6) is 0. The molecular weight excluding hydrogens is 723 g/mol. The molecule has 2 aliphatic carbocycles. The van der Waals surface area contributed by atoms with Gasteiger partial charge in [-0.3, -0.25) is 0 Å². The Morgan fingerprint density at radius 2 is 1.28 bits per heavy atom. The smallest absolute Gasteiger partial charge is 0.0619 e. The second-order valence-corrected chi connectivity index (χ2v) is 17.0. The fourth-order valence-corrected chi connectivity index (χ4v) is 11.5. The third kappa shape index (κ3) is 4.55. The highest BCUT2D eigenvalue weighted by Crippen LogP contribution is 2.44. The molecule has 4 aromatic heterocycles. The Hall–Kier alpha value is -6.88. The van der Waals surface area contributed by atoms with E-state index in [9.17, 15) is 0 Å². The second kappa shape index (κ2) is 12.3. The Balaban J connectivity index is 1.05. The van der Waals surface area contributed by atoms with Gasteiger partial charge in [0.05, 0.1) is 22.6 Å². The highest BCUT2D eigenvalue weighted by atomic mass is 32.1. The minimum absolute atomic E-state index is 0.217. The first-order chi connectivity index (χ1) is 28.8. The number of hydrogen-bond acceptors (Lipinski definition) is 1. The summed E-state index contributed by atoms with van der Waals surface area (Å²) < 4.78 is 10.3. The lowest BCUT2D eigenvalue weighted by molar-refractivity contribution is 0.590. The highest BCUT2D eigenvalue weighted by Gasteiger charge is 2.28. The molecule has 274 valence electrons. The van der Waals surface area contributed by atoms with E-state index in [4.69, 9.17) is 0 Å². The monoisotopic (exact) mass is 759 g/mol. The first-order valence-corrected chi connectivity index (χ1v) is 21.2. The van der Waals surface area contributed by atoms with Crippen LogP contribution in [0.3, 0.4) is 0 Å². The van der Waals surface area contributed by atoms with Gasteiger partial charge in [0, 0.05) is 81.1 Å². The van der Waals surface area contributed by atoms with Crippen LogP contribution in [-0.2, 0) is 12.8 Å². The summed E-state index contributed by atoms with van der Waals surface area (Å²) in [6.07, 6.45) is 12.6. The van der Waals surface area contributed by atoms with Crippen LogP contribution in [0.1, 0.15) is 35.0 Å². The minimum Gasteiger partial charge on any atom is -0.337 e. The molecule has 4 heterocycles. The lowest BCUT2D eigenvalue weighted by atomic mass is 9.95. The van der Waals surface area contributed by atoms with Crippen LogP contribution in [0, 0.1) is 0 Å². The zero-order valence-electron chi connectivity index (χ0n) is 31.8. The molecule has 1 atom stereocenters. The van der Waals surface area contributed by atoms with Gasteiger partial charge in [-0.1, -0.05) is 115 Å². The lowest BCUT2D eigenvalue weighted by Gasteiger charge is -2.24. The van der Waals surface area contributed by atoms with Crippen molar-refractivity contribution < 1.29 is 0 Å². The maximum atomic E-state index is 2.65. The summed E-state index contributed by atoms with van der Waals surface area (Å²) in [6.45, 7) is 0. The van der Waals surface area contributed by atoms with Crippen LogP contribution < -0.4 is 0 Å². The number of fused-ring (bicyclic) bond motifs is 12. The Morgan fingerprint density at radius 3 is 2.19 bits per heavy atom. The molecule has 4 heteroatoms. The number of aromatic nitrogens is 3. The number of benzene rings is 7. The van der Waals surface area contributed by atoms with Crippen molar-refractivity contribution in [2.24, 2.45) is 0 Å². The van der Waals surface area contributed by atoms with Gasteiger partial charge in [-0.05, 0) is 97.1 Å². The Labute approximate surface area is 339 Å². The van der Waals surface area contributed by atoms with Crippen LogP contribution in [-0.4, -0.2) is 13.7 Å². The maximum Gasteiger partial charge on any atom is 0.0619 e. The predicted octanol–water partition coefficient (Wildman–Crippen LogP) is 14.5. The van der Waals surface area contributed by atoms with E-state index in [1.54, 1.807) is 0 Å². The number of rotatable bonds is 4. The summed E-state index contributed by atoms with van der Waals surface area (Å²) in [6, 6.07) is 58.9. The van der Waals surface area contributed by atoms with E-state index in [1.807, 2.05) is 11.3 Å². The molecule has 0 amide bonds. The van der Waals surface area contributed by atoms with Crippen molar-refractivity contribution >= 4 is 87.3 Å². The fourth-order valence-electron chi connectivity index (χ4n) is 10.4. The molecule has 3 nitrogen and oxygen atoms in total. The Kier molecular flexibility index (Phi) is 6.84. The molecule has 0 bridgehead atoms. The van der Waals surface area contributed by atoms with Gasteiger partial charge in [-0.25, -0.2) is 0 Å². The molecule has 7 aromatic carbocycles. The van der Waals surface area contributed by atoms with E-state index in [2.05, 4.69) is 196 Å². The standard InChI is InChI=1S/C54H37N3S/c1-2-13-35(14-3-1)55-50-28-26-36(56-47-21-8-4-15-39(47)40-16-5-9-22-48(40)56)32-44(50)45-33-37(27-29-51(45)55)57-49-23-10-6-17-41(49)43-20-12-19-38(54(43)57)34-25-30-53-46(31-34)42-18-7-11-24-52(42)58-53/h1-8,10-21,23-31,33,36H,9,22,32H2. The number of thiophene rings is 1. The summed E-state index contributed by atoms with van der Waals surface area (Å²) in [5.41, 5.74) is 15.4. The molecule has 11 aromatic rings. The maximum absolute atomic E-state index is 2.65. The summed E-state index contributed by atoms with van der Waals surface area (Å²) in [4.78, 5) is 0. The Morgan fingerprint density at radius 1 is 0.517 bits per heavy atom. The van der Waals surface area contributed by atoms with Gasteiger partial charge < -0.3 is 13.7 Å². The molecular formula is C54H37N3S. The fraction of sp³-hybridized carbons (Fsp3) is 0.0741. The van der Waals surface area contributed by atoms with Crippen molar-refractivity contribution in [3.8, 4) is 22.5 Å². The van der Waals surface area contributed by atoms with E-state index in [1.165, 1.54) is 109 Å². The lowest BCUT2D eigenvalue weighted by Crippen LogP contribution is -2.16. The third-order valence-electron chi connectivity index (χ3n) is 12.9. The van der Waals surface area contributed by atoms with Crippen LogP contribution in [0.4, 0.5) is 0 Å². The molecule has 58 heavy (non-hydrogen) atoms. The van der Waals surface area contributed by atoms with Crippen LogP contribution in [0.15, 0.2) is 170 Å². The third-order valence-corrected chi connectivity index (χ3v) is 14.0. The van der Waals surface area contributed by atoms with Gasteiger partial charge >= 0.3 is 0 Å². The predicted molar refractivity (Wildman–Crippen MR) is 247 cm³/mol. The molecule has 0 radical (unpaired) electrons. The van der Waals surface area contributed by atoms with Crippen molar-refractivity contribution in [1.29, 1.82) is 0 Å². The molecule has 2 aliphatic rings. The molecule has 0 N–H and O–H groups in total. The molecule has 1 unspecified atom stereocenters. The highest BCUT2D eigenvalue weighted by molar-refractivity contribution is 7.25. The largest absolute Gasteiger partial charge is 0.337 e. The van der Waals surface area contributed by atoms with Gasteiger partial charge in [0.15, 0.2) is 0 Å². The molecule has 0 saturated heterocycles. The first-order valence-electron chi connectivity index (χ1n) is 20.4. The van der Waals surface area contributed by atoms with E-state index in [0.717, 1.165) is 19.3 Å². The Bertz CT molecular complexity index is 3550. The van der Waals surface area contributed by atoms with Crippen LogP contribution in [0.2, 0.25) is 0 Å². The summed E-state index contributed by atoms with van der Waals surface area (Å²) in [5, 5.41) is 7.86. The van der Waals surface area contributed by atoms with Crippen molar-refractivity contribution in [2.75, 3.05) is 0 Å². The van der Waals surface area contributed by atoms with Crippen molar-refractivity contribution in [1.82, 2.24) is 13.7 Å². The molecule has 0 spiro atoms. The van der Waals surface area contributed by atoms with E-state index in [-0.39, 0.29) is 6.04 Å². The van der Waals surface area contributed by atoms with E-state index >= 15 is 0 Å². The van der Waals surface area contributed by atoms with Crippen molar-refractivity contribution in [2.45, 2.75) is 25.3 Å². The number of hydrogen-bond donors (Lipinski definition) is 0. The topological polar surface area (TPSA) is 14.8 Å². The van der Waals surface area contributed by atoms with Crippen molar-refractivity contribution in [3.05, 3.63) is 192 Å². The summed E-state index contributed by atoms with van der Waals surface area (Å²) >= 11 is 1.88. The van der Waals surface area contributed by atoms with Gasteiger partial charge in [0.25, 0.3) is 0 Å². The molecule has 0 saturated carbocycles. The first kappa shape index (κ1) is 32.2. The quantitative estimate of drug-likeness (QED) is 0.170. The van der Waals surface area contributed by atoms with E-state index in [0.29, 0.717) is 0 Å². The zero-order chi connectivity index (χ0) is 37.9. The van der Waals surface area contributed by atoms with Crippen LogP contribution >= 0.6 is 11.3 Å². The number of nitrogens with zero attached hydrogens (tertiary/aromatic N) is 3. The number of allylic oxidation sites excluding steroid dienone is 2. The SMILES string of the molecule is C1=Cc2c(n(C3C=Cc4c(c5cc(-n6c7ccccc7c7cccc(-c8ccc9sc%10ccccc%10c9c8)c76)ccc5n4-c4ccccc4)C3)c3ccccc23)CC1. The second-order valence-electron chi connectivity index (χ2n) is 15.9. The van der Waals surface area contributed by atoms with Crippen LogP contribution in [0.25, 0.3) is 98.4 Å². The van der Waals surface area contributed by atoms with Gasteiger partial charge in [-0.2, -0.15) is 0 Å². The van der Waals surface area contributed by atoms with Crippen molar-refractivity contribution in [3.63, 3.8) is 0 Å². The normalized spacial score (nSPS) is 15.1. The van der Waals surface area contributed by atoms with Gasteiger partial charge in [0.2, 0.25) is 0 Å². The minimum atomic E-state index is 0.217. The molecule has 13 rings (SSSR count). The molecule has 0 fully saturated rings. The zero-order valence-corrected chi connectivity index (χ0v) is 32.6. The average molecular weight is 760 g/mol. The number of para-hydroxylation sites is 4.